The number of amides is 1. The Morgan fingerprint density at radius 1 is 1.64 bits per heavy atom. The highest BCUT2D eigenvalue weighted by molar-refractivity contribution is 5.75. The lowest BCUT2D eigenvalue weighted by Crippen LogP contribution is -2.50. The Bertz CT molecular complexity index is 196. The Morgan fingerprint density at radius 3 is 2.86 bits per heavy atom. The zero-order valence-electron chi connectivity index (χ0n) is 9.12. The summed E-state index contributed by atoms with van der Waals surface area (Å²) in [7, 11) is 2.01. The van der Waals surface area contributed by atoms with E-state index in [-0.39, 0.29) is 5.91 Å². The normalized spacial score (nSPS) is 29.0. The molecule has 3 N–H and O–H groups in total. The molecular weight excluding hydrogens is 178 g/mol. The molecular formula is C10H21N3O. The van der Waals surface area contributed by atoms with E-state index in [0.717, 1.165) is 25.9 Å². The molecule has 1 saturated heterocycles. The first-order valence-corrected chi connectivity index (χ1v) is 5.35. The van der Waals surface area contributed by atoms with Crippen LogP contribution in [-0.2, 0) is 4.79 Å². The van der Waals surface area contributed by atoms with Gasteiger partial charge < -0.3 is 11.1 Å². The lowest BCUT2D eigenvalue weighted by molar-refractivity contribution is -0.119. The van der Waals surface area contributed by atoms with Crippen LogP contribution in [0.25, 0.3) is 0 Å². The molecule has 0 aromatic heterocycles. The minimum atomic E-state index is -0.220. The number of rotatable bonds is 4. The number of likely N-dealkylation sites (tertiary alicyclic amines) is 1. The molecule has 0 spiro atoms. The lowest BCUT2D eigenvalue weighted by Gasteiger charge is -2.37. The molecule has 1 rings (SSSR count). The molecule has 14 heavy (non-hydrogen) atoms. The van der Waals surface area contributed by atoms with Gasteiger partial charge in [-0.1, -0.05) is 13.3 Å². The smallest absolute Gasteiger partial charge is 0.231 e. The number of piperidine rings is 1. The van der Waals surface area contributed by atoms with Gasteiger partial charge in [0.1, 0.15) is 0 Å². The van der Waals surface area contributed by atoms with E-state index in [1.807, 2.05) is 7.05 Å². The quantitative estimate of drug-likeness (QED) is 0.659. The summed E-state index contributed by atoms with van der Waals surface area (Å²) in [6.07, 6.45) is 2.27. The third-order valence-corrected chi connectivity index (χ3v) is 3.09. The Balaban J connectivity index is 2.43. The molecule has 0 aromatic rings. The summed E-state index contributed by atoms with van der Waals surface area (Å²) < 4.78 is 0. The van der Waals surface area contributed by atoms with Crippen LogP contribution in [0.2, 0.25) is 0 Å². The number of nitrogens with one attached hydrogen (secondary N) is 1. The maximum Gasteiger partial charge on any atom is 0.231 e. The highest BCUT2D eigenvalue weighted by atomic mass is 16.1. The van der Waals surface area contributed by atoms with Crippen LogP contribution in [0, 0.1) is 5.92 Å². The standard InChI is InChI=1S/C10H21N3O/c1-3-8-6-13(7-10(11)14)5-4-9(8)12-2/h8-9,12H,3-7H2,1-2H3,(H2,11,14). The number of primary amides is 1. The van der Waals surface area contributed by atoms with Crippen LogP contribution < -0.4 is 11.1 Å². The summed E-state index contributed by atoms with van der Waals surface area (Å²) >= 11 is 0. The number of nitrogens with two attached hydrogens (primary N) is 1. The van der Waals surface area contributed by atoms with Gasteiger partial charge in [-0.25, -0.2) is 0 Å². The summed E-state index contributed by atoms with van der Waals surface area (Å²) in [6, 6.07) is 0.601. The van der Waals surface area contributed by atoms with E-state index >= 15 is 0 Å². The third-order valence-electron chi connectivity index (χ3n) is 3.09. The van der Waals surface area contributed by atoms with Gasteiger partial charge in [-0.3, -0.25) is 9.69 Å². The fourth-order valence-corrected chi connectivity index (χ4v) is 2.27. The summed E-state index contributed by atoms with van der Waals surface area (Å²) in [5.74, 6) is 0.427. The topological polar surface area (TPSA) is 58.4 Å². The van der Waals surface area contributed by atoms with Crippen molar-refractivity contribution in [3.63, 3.8) is 0 Å². The highest BCUT2D eigenvalue weighted by Gasteiger charge is 2.27. The number of hydrogen-bond donors (Lipinski definition) is 2. The van der Waals surface area contributed by atoms with E-state index in [1.54, 1.807) is 0 Å². The third kappa shape index (κ3) is 2.96. The van der Waals surface area contributed by atoms with Crippen molar-refractivity contribution in [2.45, 2.75) is 25.8 Å². The first-order valence-electron chi connectivity index (χ1n) is 5.35. The Hall–Kier alpha value is -0.610. The van der Waals surface area contributed by atoms with Crippen molar-refractivity contribution < 1.29 is 4.79 Å². The zero-order chi connectivity index (χ0) is 10.6. The van der Waals surface area contributed by atoms with Gasteiger partial charge in [0.25, 0.3) is 0 Å². The van der Waals surface area contributed by atoms with E-state index in [4.69, 9.17) is 5.73 Å². The molecule has 4 heteroatoms. The van der Waals surface area contributed by atoms with E-state index in [2.05, 4.69) is 17.1 Å². The molecule has 0 radical (unpaired) electrons. The molecule has 1 heterocycles. The lowest BCUT2D eigenvalue weighted by atomic mass is 9.90. The second-order valence-electron chi connectivity index (χ2n) is 4.05. The first kappa shape index (κ1) is 11.5. The van der Waals surface area contributed by atoms with Crippen LogP contribution in [0.5, 0.6) is 0 Å². The van der Waals surface area contributed by atoms with Gasteiger partial charge in [-0.15, -0.1) is 0 Å². The van der Waals surface area contributed by atoms with Crippen molar-refractivity contribution in [3.05, 3.63) is 0 Å². The molecule has 1 amide bonds. The largest absolute Gasteiger partial charge is 0.369 e. The second-order valence-corrected chi connectivity index (χ2v) is 4.05. The van der Waals surface area contributed by atoms with Gasteiger partial charge in [0, 0.05) is 19.1 Å². The maximum absolute atomic E-state index is 10.8. The molecule has 0 saturated carbocycles. The predicted octanol–water partition coefficient (Wildman–Crippen LogP) is -0.208. The zero-order valence-corrected chi connectivity index (χ0v) is 9.12. The van der Waals surface area contributed by atoms with Gasteiger partial charge in [-0.2, -0.15) is 0 Å². The minimum absolute atomic E-state index is 0.220. The molecule has 0 aliphatic carbocycles. The second kappa shape index (κ2) is 5.32. The average molecular weight is 199 g/mol. The molecule has 1 aliphatic heterocycles. The summed E-state index contributed by atoms with van der Waals surface area (Å²) in [4.78, 5) is 12.9. The van der Waals surface area contributed by atoms with Crippen LogP contribution in [0.15, 0.2) is 0 Å². The monoisotopic (exact) mass is 199 g/mol. The average Bonchev–Trinajstić information content (AvgIpc) is 2.16. The molecule has 2 unspecified atom stereocenters. The molecule has 0 aromatic carbocycles. The number of hydrogen-bond acceptors (Lipinski definition) is 3. The number of carbonyl (C=O) groups excluding carboxylic acids is 1. The van der Waals surface area contributed by atoms with Crippen molar-refractivity contribution in [3.8, 4) is 0 Å². The van der Waals surface area contributed by atoms with E-state index in [0.29, 0.717) is 18.5 Å². The van der Waals surface area contributed by atoms with Crippen molar-refractivity contribution in [1.29, 1.82) is 0 Å². The van der Waals surface area contributed by atoms with E-state index in [1.165, 1.54) is 0 Å². The van der Waals surface area contributed by atoms with E-state index < -0.39 is 0 Å². The summed E-state index contributed by atoms with van der Waals surface area (Å²) in [5, 5.41) is 3.34. The van der Waals surface area contributed by atoms with Crippen LogP contribution in [0.3, 0.4) is 0 Å². The number of carbonyl (C=O) groups is 1. The first-order chi connectivity index (χ1) is 6.67. The Kier molecular flexibility index (Phi) is 4.35. The maximum atomic E-state index is 10.8. The molecule has 1 aliphatic rings. The fourth-order valence-electron chi connectivity index (χ4n) is 2.27. The molecule has 82 valence electrons. The molecule has 2 atom stereocenters. The van der Waals surface area contributed by atoms with Crippen LogP contribution in [0.1, 0.15) is 19.8 Å². The molecule has 4 nitrogen and oxygen atoms in total. The SMILES string of the molecule is CCC1CN(CC(N)=O)CCC1NC. The Labute approximate surface area is 85.8 Å². The highest BCUT2D eigenvalue weighted by Crippen LogP contribution is 2.19. The predicted molar refractivity (Wildman–Crippen MR) is 56.9 cm³/mol. The number of nitrogens with zero attached hydrogens (tertiary/aromatic N) is 1. The fraction of sp³-hybridized carbons (Fsp3) is 0.900. The van der Waals surface area contributed by atoms with Gasteiger partial charge >= 0.3 is 0 Å². The van der Waals surface area contributed by atoms with E-state index in [9.17, 15) is 4.79 Å². The van der Waals surface area contributed by atoms with Crippen LogP contribution >= 0.6 is 0 Å². The van der Waals surface area contributed by atoms with Gasteiger partial charge in [0.05, 0.1) is 6.54 Å². The van der Waals surface area contributed by atoms with Gasteiger partial charge in [0.2, 0.25) is 5.91 Å². The molecule has 0 bridgehead atoms. The van der Waals surface area contributed by atoms with Crippen molar-refractivity contribution >= 4 is 5.91 Å². The van der Waals surface area contributed by atoms with Crippen LogP contribution in [0.4, 0.5) is 0 Å². The van der Waals surface area contributed by atoms with Crippen LogP contribution in [-0.4, -0.2) is 43.5 Å². The Morgan fingerprint density at radius 2 is 2.36 bits per heavy atom. The van der Waals surface area contributed by atoms with Gasteiger partial charge in [-0.05, 0) is 19.4 Å². The van der Waals surface area contributed by atoms with Crippen molar-refractivity contribution in [2.24, 2.45) is 11.7 Å². The van der Waals surface area contributed by atoms with Gasteiger partial charge in [0.15, 0.2) is 0 Å². The molecule has 1 fully saturated rings. The summed E-state index contributed by atoms with van der Waals surface area (Å²) in [6.45, 7) is 4.58. The minimum Gasteiger partial charge on any atom is -0.369 e. The van der Waals surface area contributed by atoms with Crippen molar-refractivity contribution in [1.82, 2.24) is 10.2 Å². The van der Waals surface area contributed by atoms with Crippen molar-refractivity contribution in [2.75, 3.05) is 26.7 Å². The summed E-state index contributed by atoms with van der Waals surface area (Å²) in [5.41, 5.74) is 5.18.